The Balaban J connectivity index is 4.29. The molecule has 0 saturated carbocycles. The van der Waals surface area contributed by atoms with E-state index >= 15 is 0 Å². The van der Waals surface area contributed by atoms with Crippen LogP contribution in [-0.4, -0.2) is 37.2 Å². The van der Waals surface area contributed by atoms with Crippen molar-refractivity contribution in [3.63, 3.8) is 0 Å². The fraction of sp³-hybridized carbons (Fsp3) is 0.569. The van der Waals surface area contributed by atoms with Crippen LogP contribution in [0.5, 0.6) is 0 Å². The number of unbranched alkanes of at least 4 members (excludes halogenated alkanes) is 15. The van der Waals surface area contributed by atoms with Crippen LogP contribution in [0.4, 0.5) is 0 Å². The molecule has 0 aliphatic rings. The van der Waals surface area contributed by atoms with Gasteiger partial charge in [0.25, 0.3) is 0 Å². The molecule has 0 fully saturated rings. The average molecular weight is 1070 g/mol. The van der Waals surface area contributed by atoms with Crippen molar-refractivity contribution < 1.29 is 28.6 Å². The Labute approximate surface area is 479 Å². The second-order valence-electron chi connectivity index (χ2n) is 19.9. The monoisotopic (exact) mass is 1070 g/mol. The van der Waals surface area contributed by atoms with Gasteiger partial charge in [-0.05, 0) is 122 Å². The number of allylic oxidation sites excluding steroid dienone is 28. The molecule has 0 bridgehead atoms. The molecule has 0 aliphatic carbocycles. The van der Waals surface area contributed by atoms with Crippen molar-refractivity contribution in [1.29, 1.82) is 0 Å². The van der Waals surface area contributed by atoms with Crippen LogP contribution in [0.3, 0.4) is 0 Å². The summed E-state index contributed by atoms with van der Waals surface area (Å²) in [6.45, 7) is 6.30. The summed E-state index contributed by atoms with van der Waals surface area (Å²) in [5, 5.41) is 0. The Morgan fingerprint density at radius 1 is 0.269 bits per heavy atom. The van der Waals surface area contributed by atoms with E-state index in [-0.39, 0.29) is 31.6 Å². The quantitative estimate of drug-likeness (QED) is 0.0261. The molecule has 0 radical (unpaired) electrons. The lowest BCUT2D eigenvalue weighted by Crippen LogP contribution is -2.30. The lowest BCUT2D eigenvalue weighted by molar-refractivity contribution is -0.166. The van der Waals surface area contributed by atoms with E-state index in [1.807, 2.05) is 12.2 Å². The second kappa shape index (κ2) is 64.3. The van der Waals surface area contributed by atoms with Gasteiger partial charge in [0, 0.05) is 19.3 Å². The van der Waals surface area contributed by atoms with Gasteiger partial charge in [-0.15, -0.1) is 0 Å². The molecule has 0 aromatic heterocycles. The van der Waals surface area contributed by atoms with Gasteiger partial charge in [-0.1, -0.05) is 274 Å². The number of hydrogen-bond donors (Lipinski definition) is 0. The molecule has 78 heavy (non-hydrogen) atoms. The molecule has 1 atom stereocenters. The van der Waals surface area contributed by atoms with Gasteiger partial charge in [-0.2, -0.15) is 0 Å². The maximum Gasteiger partial charge on any atom is 0.306 e. The van der Waals surface area contributed by atoms with Gasteiger partial charge in [-0.25, -0.2) is 0 Å². The fourth-order valence-corrected chi connectivity index (χ4v) is 7.89. The molecule has 0 N–H and O–H groups in total. The summed E-state index contributed by atoms with van der Waals surface area (Å²) in [5.41, 5.74) is 0. The van der Waals surface area contributed by atoms with E-state index in [1.165, 1.54) is 64.2 Å². The normalized spacial score (nSPS) is 13.3. The highest BCUT2D eigenvalue weighted by molar-refractivity contribution is 5.71. The van der Waals surface area contributed by atoms with Crippen LogP contribution in [0.15, 0.2) is 170 Å². The van der Waals surface area contributed by atoms with Crippen LogP contribution in [0.2, 0.25) is 0 Å². The topological polar surface area (TPSA) is 78.9 Å². The zero-order chi connectivity index (χ0) is 56.4. The minimum atomic E-state index is -0.828. The van der Waals surface area contributed by atoms with Gasteiger partial charge < -0.3 is 14.2 Å². The van der Waals surface area contributed by atoms with Crippen molar-refractivity contribution in [2.24, 2.45) is 0 Å². The first-order chi connectivity index (χ1) is 38.5. The zero-order valence-corrected chi connectivity index (χ0v) is 49.9. The largest absolute Gasteiger partial charge is 0.462 e. The Bertz CT molecular complexity index is 1810. The zero-order valence-electron chi connectivity index (χ0n) is 49.9. The SMILES string of the molecule is CC/C=C\C/C=C\C/C=C\C/C=C\C/C=C\C/C=C\C/C=C\C/C=C\CCCCCCCCCCC(=O)OCC(COC(=O)CCCCCCCCCC)OC(=O)CC/C=C\C/C=C\C/C=C\C/C=C\C/C=C\C/C=C\CC. The van der Waals surface area contributed by atoms with Gasteiger partial charge >= 0.3 is 17.9 Å². The van der Waals surface area contributed by atoms with Crippen molar-refractivity contribution in [1.82, 2.24) is 0 Å². The highest BCUT2D eigenvalue weighted by atomic mass is 16.6. The Morgan fingerprint density at radius 2 is 0.526 bits per heavy atom. The minimum absolute atomic E-state index is 0.116. The van der Waals surface area contributed by atoms with Crippen molar-refractivity contribution in [3.8, 4) is 0 Å². The van der Waals surface area contributed by atoms with Gasteiger partial charge in [0.15, 0.2) is 6.10 Å². The van der Waals surface area contributed by atoms with Gasteiger partial charge in [0.1, 0.15) is 13.2 Å². The smallest absolute Gasteiger partial charge is 0.306 e. The number of carbonyl (C=O) groups is 3. The lowest BCUT2D eigenvalue weighted by atomic mass is 10.1. The Morgan fingerprint density at radius 3 is 0.833 bits per heavy atom. The first-order valence-electron chi connectivity index (χ1n) is 31.1. The number of hydrogen-bond acceptors (Lipinski definition) is 6. The summed E-state index contributed by atoms with van der Waals surface area (Å²) in [6, 6.07) is 0. The summed E-state index contributed by atoms with van der Waals surface area (Å²) in [7, 11) is 0. The summed E-state index contributed by atoms with van der Waals surface area (Å²) in [4.78, 5) is 38.0. The van der Waals surface area contributed by atoms with E-state index in [0.29, 0.717) is 19.3 Å². The van der Waals surface area contributed by atoms with E-state index in [0.717, 1.165) is 135 Å². The molecular formula is C72H112O6. The molecule has 0 saturated heterocycles. The van der Waals surface area contributed by atoms with Crippen molar-refractivity contribution in [2.45, 2.75) is 252 Å². The van der Waals surface area contributed by atoms with Crippen LogP contribution in [-0.2, 0) is 28.6 Å². The van der Waals surface area contributed by atoms with Gasteiger partial charge in [0.2, 0.25) is 0 Å². The molecule has 0 heterocycles. The molecule has 0 aromatic carbocycles. The maximum atomic E-state index is 12.8. The van der Waals surface area contributed by atoms with E-state index < -0.39 is 12.1 Å². The molecule has 0 amide bonds. The van der Waals surface area contributed by atoms with Crippen LogP contribution >= 0.6 is 0 Å². The van der Waals surface area contributed by atoms with Gasteiger partial charge in [0.05, 0.1) is 0 Å². The summed E-state index contributed by atoms with van der Waals surface area (Å²) in [5.74, 6) is -1.02. The fourth-order valence-electron chi connectivity index (χ4n) is 7.89. The first kappa shape index (κ1) is 72.8. The molecule has 436 valence electrons. The summed E-state index contributed by atoms with van der Waals surface area (Å²) < 4.78 is 16.7. The van der Waals surface area contributed by atoms with Crippen LogP contribution in [0.1, 0.15) is 245 Å². The average Bonchev–Trinajstić information content (AvgIpc) is 3.44. The predicted molar refractivity (Wildman–Crippen MR) is 338 cm³/mol. The standard InChI is InChI=1S/C72H112O6/c1-4-7-10-13-16-19-21-23-25-27-29-30-31-32-33-34-35-36-37-38-39-40-41-42-44-45-47-49-51-53-56-59-62-65-71(74)77-68-69(67-76-70(73)64-61-58-55-18-15-12-9-6-3)78-72(75)66-63-60-57-54-52-50-48-46-43-28-26-24-22-20-17-14-11-8-5-2/h7-8,10-11,16-17,19-20,23-26,29-30,32-33,35-36,38-39,41-43,46,50,52,57,60,69H,4-6,9,12-15,18,21-22,27-28,31,34,37,40,44-45,47-49,51,53-56,58-59,61-68H2,1-3H3/b10-7-,11-8-,19-16-,20-17-,25-23-,26-24-,30-29-,33-32-,36-35-,39-38-,42-41-,46-43-,52-50-,60-57-. The summed E-state index contributed by atoms with van der Waals surface area (Å²) >= 11 is 0. The van der Waals surface area contributed by atoms with Crippen LogP contribution in [0.25, 0.3) is 0 Å². The third-order valence-corrected chi connectivity index (χ3v) is 12.5. The Hall–Kier alpha value is -5.23. The molecule has 0 rings (SSSR count). The summed E-state index contributed by atoms with van der Waals surface area (Å²) in [6.07, 6.45) is 95.3. The van der Waals surface area contributed by atoms with E-state index in [1.54, 1.807) is 0 Å². The molecule has 6 heteroatoms. The molecular weight excluding hydrogens is 961 g/mol. The molecule has 1 unspecified atom stereocenters. The van der Waals surface area contributed by atoms with Crippen LogP contribution < -0.4 is 0 Å². The molecule has 6 nitrogen and oxygen atoms in total. The second-order valence-corrected chi connectivity index (χ2v) is 19.9. The third-order valence-electron chi connectivity index (χ3n) is 12.5. The number of esters is 3. The first-order valence-corrected chi connectivity index (χ1v) is 31.1. The maximum absolute atomic E-state index is 12.8. The number of ether oxygens (including phenoxy) is 3. The predicted octanol–water partition coefficient (Wildman–Crippen LogP) is 21.5. The van der Waals surface area contributed by atoms with Crippen molar-refractivity contribution >= 4 is 17.9 Å². The van der Waals surface area contributed by atoms with E-state index in [2.05, 4.69) is 179 Å². The lowest BCUT2D eigenvalue weighted by Gasteiger charge is -2.18. The number of rotatable bonds is 54. The molecule has 0 aromatic rings. The number of carbonyl (C=O) groups excluding carboxylic acids is 3. The molecule has 0 spiro atoms. The highest BCUT2D eigenvalue weighted by Gasteiger charge is 2.19. The highest BCUT2D eigenvalue weighted by Crippen LogP contribution is 2.14. The molecule has 0 aliphatic heterocycles. The third kappa shape index (κ3) is 61.6. The van der Waals surface area contributed by atoms with Crippen molar-refractivity contribution in [3.05, 3.63) is 170 Å². The minimum Gasteiger partial charge on any atom is -0.462 e. The Kier molecular flexibility index (Phi) is 60.0. The van der Waals surface area contributed by atoms with Gasteiger partial charge in [-0.3, -0.25) is 14.4 Å². The van der Waals surface area contributed by atoms with E-state index in [9.17, 15) is 14.4 Å². The van der Waals surface area contributed by atoms with Crippen molar-refractivity contribution in [2.75, 3.05) is 13.2 Å². The van der Waals surface area contributed by atoms with E-state index in [4.69, 9.17) is 14.2 Å². The van der Waals surface area contributed by atoms with Crippen LogP contribution in [0, 0.1) is 0 Å².